The standard InChI is InChI=1S/C21H28N4O2/c26-21(25-12-14-27-15-13-25)19-16-18(22-23-19)20-8-4-5-10-24(20)11-9-17-6-2-1-3-7-17/h1-3,6-7,16,20H,4-5,8-15H2,(H,22,23)/t20-/m1/s1. The van der Waals surface area contributed by atoms with E-state index in [0.717, 1.165) is 31.6 Å². The van der Waals surface area contributed by atoms with Crippen molar-refractivity contribution in [1.29, 1.82) is 0 Å². The van der Waals surface area contributed by atoms with Gasteiger partial charge in [0.25, 0.3) is 5.91 Å². The summed E-state index contributed by atoms with van der Waals surface area (Å²) in [7, 11) is 0. The molecule has 2 aliphatic rings. The zero-order chi connectivity index (χ0) is 18.5. The van der Waals surface area contributed by atoms with E-state index in [0.29, 0.717) is 38.0 Å². The van der Waals surface area contributed by atoms with E-state index in [1.54, 1.807) is 0 Å². The monoisotopic (exact) mass is 368 g/mol. The van der Waals surface area contributed by atoms with Crippen LogP contribution in [0.25, 0.3) is 0 Å². The number of amides is 1. The largest absolute Gasteiger partial charge is 0.378 e. The van der Waals surface area contributed by atoms with Gasteiger partial charge in [-0.2, -0.15) is 5.10 Å². The summed E-state index contributed by atoms with van der Waals surface area (Å²) in [6, 6.07) is 12.9. The molecule has 0 unspecified atom stereocenters. The van der Waals surface area contributed by atoms with Crippen molar-refractivity contribution >= 4 is 5.91 Å². The number of aromatic nitrogens is 2. The molecule has 2 aromatic rings. The molecule has 1 aromatic heterocycles. The van der Waals surface area contributed by atoms with Gasteiger partial charge in [0.1, 0.15) is 5.69 Å². The molecule has 1 amide bonds. The van der Waals surface area contributed by atoms with Crippen molar-refractivity contribution in [3.8, 4) is 0 Å². The quantitative estimate of drug-likeness (QED) is 0.881. The van der Waals surface area contributed by atoms with Crippen molar-refractivity contribution in [2.24, 2.45) is 0 Å². The lowest BCUT2D eigenvalue weighted by molar-refractivity contribution is 0.0299. The van der Waals surface area contributed by atoms with Crippen LogP contribution in [0.4, 0.5) is 0 Å². The minimum absolute atomic E-state index is 0.00689. The molecule has 3 heterocycles. The third-order valence-electron chi connectivity index (χ3n) is 5.62. The number of nitrogens with zero attached hydrogens (tertiary/aromatic N) is 3. The Balaban J connectivity index is 1.42. The summed E-state index contributed by atoms with van der Waals surface area (Å²) in [5, 5.41) is 7.49. The van der Waals surface area contributed by atoms with E-state index in [9.17, 15) is 4.79 Å². The number of ether oxygens (including phenoxy) is 1. The molecule has 1 N–H and O–H groups in total. The number of benzene rings is 1. The molecule has 2 aliphatic heterocycles. The maximum atomic E-state index is 12.7. The molecule has 0 radical (unpaired) electrons. The second kappa shape index (κ2) is 8.67. The molecule has 27 heavy (non-hydrogen) atoms. The lowest BCUT2D eigenvalue weighted by Gasteiger charge is -2.35. The maximum absolute atomic E-state index is 12.7. The van der Waals surface area contributed by atoms with Crippen LogP contribution in [0, 0.1) is 0 Å². The van der Waals surface area contributed by atoms with Crippen LogP contribution in [0.3, 0.4) is 0 Å². The first-order chi connectivity index (χ1) is 13.3. The van der Waals surface area contributed by atoms with Crippen LogP contribution in [-0.4, -0.2) is 65.3 Å². The van der Waals surface area contributed by atoms with E-state index < -0.39 is 0 Å². The highest BCUT2D eigenvalue weighted by Gasteiger charge is 2.27. The Hall–Kier alpha value is -2.18. The Kier molecular flexibility index (Phi) is 5.84. The fraction of sp³-hybridized carbons (Fsp3) is 0.524. The summed E-state index contributed by atoms with van der Waals surface area (Å²) < 4.78 is 5.33. The highest BCUT2D eigenvalue weighted by atomic mass is 16.5. The Morgan fingerprint density at radius 1 is 1.15 bits per heavy atom. The summed E-state index contributed by atoms with van der Waals surface area (Å²) in [6.45, 7) is 4.64. The lowest BCUT2D eigenvalue weighted by atomic mass is 9.98. The van der Waals surface area contributed by atoms with E-state index in [1.165, 1.54) is 18.4 Å². The predicted molar refractivity (Wildman–Crippen MR) is 104 cm³/mol. The summed E-state index contributed by atoms with van der Waals surface area (Å²) in [5.41, 5.74) is 2.97. The molecule has 1 aromatic carbocycles. The van der Waals surface area contributed by atoms with Crippen molar-refractivity contribution in [3.63, 3.8) is 0 Å². The zero-order valence-corrected chi connectivity index (χ0v) is 15.8. The number of piperidine rings is 1. The Morgan fingerprint density at radius 2 is 1.96 bits per heavy atom. The van der Waals surface area contributed by atoms with Gasteiger partial charge in [0.2, 0.25) is 0 Å². The second-order valence-corrected chi connectivity index (χ2v) is 7.40. The summed E-state index contributed by atoms with van der Waals surface area (Å²) in [4.78, 5) is 17.0. The fourth-order valence-corrected chi connectivity index (χ4v) is 4.07. The maximum Gasteiger partial charge on any atom is 0.274 e. The van der Waals surface area contributed by atoms with Gasteiger partial charge in [-0.15, -0.1) is 0 Å². The number of likely N-dealkylation sites (tertiary alicyclic amines) is 1. The van der Waals surface area contributed by atoms with Gasteiger partial charge in [-0.1, -0.05) is 36.8 Å². The molecular formula is C21H28N4O2. The van der Waals surface area contributed by atoms with Crippen molar-refractivity contribution < 1.29 is 9.53 Å². The molecule has 6 heteroatoms. The molecule has 0 saturated carbocycles. The van der Waals surface area contributed by atoms with Crippen LogP contribution < -0.4 is 0 Å². The smallest absolute Gasteiger partial charge is 0.274 e. The number of carbonyl (C=O) groups excluding carboxylic acids is 1. The zero-order valence-electron chi connectivity index (χ0n) is 15.8. The van der Waals surface area contributed by atoms with E-state index in [-0.39, 0.29) is 5.91 Å². The number of morpholine rings is 1. The average Bonchev–Trinajstić information content (AvgIpc) is 3.23. The van der Waals surface area contributed by atoms with Crippen LogP contribution >= 0.6 is 0 Å². The van der Waals surface area contributed by atoms with Gasteiger partial charge in [-0.3, -0.25) is 14.8 Å². The SMILES string of the molecule is O=C(c1cc([C@H]2CCCCN2CCc2ccccc2)[nH]n1)N1CCOCC1. The molecule has 144 valence electrons. The predicted octanol–water partition coefficient (Wildman–Crippen LogP) is 2.65. The number of carbonyl (C=O) groups is 1. The van der Waals surface area contributed by atoms with Crippen LogP contribution in [0.15, 0.2) is 36.4 Å². The van der Waals surface area contributed by atoms with Gasteiger partial charge in [-0.25, -0.2) is 0 Å². The van der Waals surface area contributed by atoms with E-state index in [1.807, 2.05) is 11.0 Å². The van der Waals surface area contributed by atoms with Crippen LogP contribution in [0.2, 0.25) is 0 Å². The van der Waals surface area contributed by atoms with Crippen molar-refractivity contribution in [2.45, 2.75) is 31.7 Å². The topological polar surface area (TPSA) is 61.5 Å². The summed E-state index contributed by atoms with van der Waals surface area (Å²) >= 11 is 0. The van der Waals surface area contributed by atoms with Gasteiger partial charge < -0.3 is 9.64 Å². The van der Waals surface area contributed by atoms with Crippen molar-refractivity contribution in [3.05, 3.63) is 53.3 Å². The van der Waals surface area contributed by atoms with Gasteiger partial charge >= 0.3 is 0 Å². The number of H-pyrrole nitrogens is 1. The number of hydrogen-bond acceptors (Lipinski definition) is 4. The molecule has 2 saturated heterocycles. The van der Waals surface area contributed by atoms with Gasteiger partial charge in [-0.05, 0) is 37.4 Å². The number of rotatable bonds is 5. The van der Waals surface area contributed by atoms with Crippen LogP contribution in [-0.2, 0) is 11.2 Å². The molecule has 0 spiro atoms. The van der Waals surface area contributed by atoms with Crippen LogP contribution in [0.1, 0.15) is 47.1 Å². The Bertz CT molecular complexity index is 740. The van der Waals surface area contributed by atoms with Gasteiger partial charge in [0.05, 0.1) is 24.9 Å². The minimum Gasteiger partial charge on any atom is -0.378 e. The highest BCUT2D eigenvalue weighted by Crippen LogP contribution is 2.30. The number of aromatic amines is 1. The van der Waals surface area contributed by atoms with Gasteiger partial charge in [0.15, 0.2) is 0 Å². The second-order valence-electron chi connectivity index (χ2n) is 7.40. The number of hydrogen-bond donors (Lipinski definition) is 1. The molecule has 1 atom stereocenters. The van der Waals surface area contributed by atoms with Crippen LogP contribution in [0.5, 0.6) is 0 Å². The Morgan fingerprint density at radius 3 is 2.78 bits per heavy atom. The normalized spacial score (nSPS) is 21.3. The first kappa shape index (κ1) is 18.2. The van der Waals surface area contributed by atoms with E-state index in [4.69, 9.17) is 4.74 Å². The van der Waals surface area contributed by atoms with E-state index >= 15 is 0 Å². The molecule has 6 nitrogen and oxygen atoms in total. The molecule has 4 rings (SSSR count). The first-order valence-corrected chi connectivity index (χ1v) is 10.0. The van der Waals surface area contributed by atoms with Crippen molar-refractivity contribution in [2.75, 3.05) is 39.4 Å². The Labute approximate surface area is 160 Å². The molecule has 2 fully saturated rings. The summed E-state index contributed by atoms with van der Waals surface area (Å²) in [5.74, 6) is 0.00689. The summed E-state index contributed by atoms with van der Waals surface area (Å²) in [6.07, 6.45) is 4.62. The minimum atomic E-state index is 0.00689. The average molecular weight is 368 g/mol. The third kappa shape index (κ3) is 4.39. The van der Waals surface area contributed by atoms with E-state index in [2.05, 4.69) is 45.4 Å². The third-order valence-corrected chi connectivity index (χ3v) is 5.62. The van der Waals surface area contributed by atoms with Gasteiger partial charge in [0, 0.05) is 19.6 Å². The molecular weight excluding hydrogens is 340 g/mol. The molecule has 0 aliphatic carbocycles. The highest BCUT2D eigenvalue weighted by molar-refractivity contribution is 5.92. The first-order valence-electron chi connectivity index (χ1n) is 10.0. The molecule has 0 bridgehead atoms. The van der Waals surface area contributed by atoms with Crippen molar-refractivity contribution in [1.82, 2.24) is 20.0 Å². The number of nitrogens with one attached hydrogen (secondary N) is 1. The lowest BCUT2D eigenvalue weighted by Crippen LogP contribution is -2.40. The fourth-order valence-electron chi connectivity index (χ4n) is 4.07.